The van der Waals surface area contributed by atoms with Crippen LogP contribution in [-0.4, -0.2) is 44.6 Å². The summed E-state index contributed by atoms with van der Waals surface area (Å²) in [6, 6.07) is 0. The van der Waals surface area contributed by atoms with Gasteiger partial charge in [0.05, 0.1) is 30.4 Å². The minimum absolute atomic E-state index is 0.296. The Morgan fingerprint density at radius 1 is 0.810 bits per heavy atom. The molecule has 0 amide bonds. The number of sulfone groups is 1. The van der Waals surface area contributed by atoms with Crippen LogP contribution in [0, 0.1) is 0 Å². The quantitative estimate of drug-likeness (QED) is 0.406. The van der Waals surface area contributed by atoms with E-state index in [2.05, 4.69) is 20.8 Å². The molecule has 0 saturated heterocycles. The van der Waals surface area contributed by atoms with Crippen LogP contribution in [0.4, 0.5) is 25.2 Å². The van der Waals surface area contributed by atoms with Crippen molar-refractivity contribution in [2.75, 3.05) is 36.2 Å². The topological polar surface area (TPSA) is 34.1 Å². The first-order valence-electron chi connectivity index (χ1n) is 6.52. The average Bonchev–Trinajstić information content (AvgIpc) is 2.28. The van der Waals surface area contributed by atoms with Gasteiger partial charge in [-0.05, 0) is 20.8 Å². The summed E-state index contributed by atoms with van der Waals surface area (Å²) in [5, 5.41) is 0. The molecular weight excluding hydrogens is 360 g/mol. The molecule has 0 rings (SSSR count). The van der Waals surface area contributed by atoms with Gasteiger partial charge >= 0.3 is 33.0 Å². The van der Waals surface area contributed by atoms with Crippen molar-refractivity contribution >= 4 is 24.9 Å². The van der Waals surface area contributed by atoms with Gasteiger partial charge < -0.3 is 0 Å². The molecule has 0 aromatic heterocycles. The van der Waals surface area contributed by atoms with Gasteiger partial charge in [-0.15, -0.1) is 0 Å². The van der Waals surface area contributed by atoms with Crippen molar-refractivity contribution in [3.8, 4) is 0 Å². The maximum atomic E-state index is 11.4. The Labute approximate surface area is 123 Å². The molecule has 0 atom stereocenters. The van der Waals surface area contributed by atoms with Crippen LogP contribution in [0.15, 0.2) is 0 Å². The molecule has 0 aliphatic carbocycles. The van der Waals surface area contributed by atoms with Gasteiger partial charge in [-0.1, -0.05) is 6.92 Å². The molecule has 0 unspecified atom stereocenters. The minimum atomic E-state index is -10.7. The maximum absolute atomic E-state index is 11.4. The Bertz CT molecular complexity index is 394. The van der Waals surface area contributed by atoms with E-state index in [0.29, 0.717) is 11.5 Å². The third-order valence-electron chi connectivity index (χ3n) is 3.33. The van der Waals surface area contributed by atoms with Crippen LogP contribution in [0.1, 0.15) is 27.7 Å². The SMILES string of the molecule is CC[P+](CC)(CC)CCS(=O)(=O)CC.F[P-](F)(F)(F)(F)F. The first kappa shape index (κ1) is 23.7. The fourth-order valence-corrected chi connectivity index (χ4v) is 6.86. The van der Waals surface area contributed by atoms with Crippen molar-refractivity contribution in [3.63, 3.8) is 0 Å². The van der Waals surface area contributed by atoms with E-state index in [9.17, 15) is 33.6 Å². The van der Waals surface area contributed by atoms with Crippen molar-refractivity contribution in [3.05, 3.63) is 0 Å². The van der Waals surface area contributed by atoms with Gasteiger partial charge in [0, 0.05) is 13.0 Å². The normalized spacial score (nSPS) is 16.5. The van der Waals surface area contributed by atoms with E-state index in [0.717, 1.165) is 6.16 Å². The van der Waals surface area contributed by atoms with E-state index in [4.69, 9.17) is 0 Å². The summed E-state index contributed by atoms with van der Waals surface area (Å²) in [4.78, 5) is 0. The molecule has 0 bridgehead atoms. The fourth-order valence-electron chi connectivity index (χ4n) is 1.62. The molecule has 11 heteroatoms. The van der Waals surface area contributed by atoms with Gasteiger partial charge in [0.15, 0.2) is 9.84 Å². The van der Waals surface area contributed by atoms with Crippen LogP contribution < -0.4 is 0 Å². The van der Waals surface area contributed by atoms with Gasteiger partial charge in [0.2, 0.25) is 0 Å². The van der Waals surface area contributed by atoms with E-state index in [1.807, 2.05) is 0 Å². The molecule has 0 N–H and O–H groups in total. The Morgan fingerprint density at radius 2 is 1.10 bits per heavy atom. The van der Waals surface area contributed by atoms with Crippen molar-refractivity contribution < 1.29 is 33.6 Å². The zero-order valence-electron chi connectivity index (χ0n) is 12.6. The second-order valence-corrected chi connectivity index (χ2v) is 14.1. The Morgan fingerprint density at radius 3 is 1.29 bits per heavy atom. The van der Waals surface area contributed by atoms with Crippen LogP contribution in [0.5, 0.6) is 0 Å². The van der Waals surface area contributed by atoms with E-state index in [1.165, 1.54) is 18.5 Å². The predicted molar refractivity (Wildman–Crippen MR) is 81.3 cm³/mol. The van der Waals surface area contributed by atoms with Crippen LogP contribution >= 0.6 is 15.1 Å². The van der Waals surface area contributed by atoms with Crippen LogP contribution in [0.2, 0.25) is 0 Å². The molecule has 0 saturated carbocycles. The molecule has 21 heavy (non-hydrogen) atoms. The second-order valence-electron chi connectivity index (χ2n) is 4.71. The molecule has 0 aromatic rings. The Kier molecular flexibility index (Phi) is 7.74. The van der Waals surface area contributed by atoms with Crippen molar-refractivity contribution in [1.29, 1.82) is 0 Å². The Hall–Kier alpha value is 0.390. The molecule has 0 aromatic carbocycles. The molecule has 0 aliphatic rings. The standard InChI is InChI=1S/C10H24O2PS.F6P/c1-5-13(6-2,7-3)9-10-14(11,12)8-4;1-7(2,3,4,5)6/h5-10H2,1-4H3;/q+1;-1. The zero-order valence-corrected chi connectivity index (χ0v) is 15.2. The third-order valence-corrected chi connectivity index (χ3v) is 10.5. The van der Waals surface area contributed by atoms with E-state index < -0.39 is 24.9 Å². The van der Waals surface area contributed by atoms with Crippen LogP contribution in [0.25, 0.3) is 0 Å². The molecular formula is C10H24F6O2P2S. The predicted octanol–water partition coefficient (Wildman–Crippen LogP) is 5.88. The molecule has 2 nitrogen and oxygen atoms in total. The number of hydrogen-bond acceptors (Lipinski definition) is 2. The van der Waals surface area contributed by atoms with Gasteiger partial charge in [-0.2, -0.15) is 0 Å². The summed E-state index contributed by atoms with van der Waals surface area (Å²) in [5.41, 5.74) is 0. The molecule has 0 fully saturated rings. The average molecular weight is 384 g/mol. The third kappa shape index (κ3) is 18.3. The summed E-state index contributed by atoms with van der Waals surface area (Å²) in [5.74, 6) is 0.705. The first-order chi connectivity index (χ1) is 8.90. The molecule has 0 heterocycles. The van der Waals surface area contributed by atoms with E-state index in [1.54, 1.807) is 6.92 Å². The van der Waals surface area contributed by atoms with Crippen molar-refractivity contribution in [2.45, 2.75) is 27.7 Å². The second kappa shape index (κ2) is 6.88. The van der Waals surface area contributed by atoms with Crippen molar-refractivity contribution in [1.82, 2.24) is 0 Å². The van der Waals surface area contributed by atoms with E-state index in [-0.39, 0.29) is 0 Å². The van der Waals surface area contributed by atoms with Crippen LogP contribution in [-0.2, 0) is 9.84 Å². The summed E-state index contributed by atoms with van der Waals surface area (Å²) in [6.07, 6.45) is 4.52. The molecule has 134 valence electrons. The monoisotopic (exact) mass is 384 g/mol. The van der Waals surface area contributed by atoms with Gasteiger partial charge in [-0.3, -0.25) is 0 Å². The summed E-state index contributed by atoms with van der Waals surface area (Å²) < 4.78 is 82.0. The Balaban J connectivity index is 0. The van der Waals surface area contributed by atoms with Gasteiger partial charge in [0.25, 0.3) is 0 Å². The van der Waals surface area contributed by atoms with Gasteiger partial charge in [-0.25, -0.2) is 8.42 Å². The summed E-state index contributed by atoms with van der Waals surface area (Å²) >= 11 is 0. The van der Waals surface area contributed by atoms with Crippen molar-refractivity contribution in [2.24, 2.45) is 0 Å². The molecule has 0 aliphatic heterocycles. The first-order valence-corrected chi connectivity index (χ1v) is 12.9. The van der Waals surface area contributed by atoms with E-state index >= 15 is 0 Å². The number of rotatable bonds is 7. The number of halogens is 6. The summed E-state index contributed by atoms with van der Waals surface area (Å²) in [7, 11) is -14.3. The molecule has 0 radical (unpaired) electrons. The molecule has 0 spiro atoms. The summed E-state index contributed by atoms with van der Waals surface area (Å²) in [6.45, 7) is 8.36. The van der Waals surface area contributed by atoms with Gasteiger partial charge in [0.1, 0.15) is 0 Å². The zero-order chi connectivity index (χ0) is 17.7. The van der Waals surface area contributed by atoms with Crippen LogP contribution in [0.3, 0.4) is 0 Å². The fraction of sp³-hybridized carbons (Fsp3) is 1.00. The number of hydrogen-bond donors (Lipinski definition) is 0.